The summed E-state index contributed by atoms with van der Waals surface area (Å²) in [6.45, 7) is 7.08. The van der Waals surface area contributed by atoms with Crippen molar-refractivity contribution in [1.82, 2.24) is 9.78 Å². The smallest absolute Gasteiger partial charge is 0.239 e. The molecule has 1 aromatic heterocycles. The second kappa shape index (κ2) is 20.7. The van der Waals surface area contributed by atoms with Gasteiger partial charge in [0, 0.05) is 29.8 Å². The number of aromatic nitrogens is 2. The molecule has 1 saturated heterocycles. The maximum atomic E-state index is 15.5. The van der Waals surface area contributed by atoms with E-state index in [0.29, 0.717) is 12.2 Å². The lowest BCUT2D eigenvalue weighted by Gasteiger charge is -2.45. The molecule has 0 bridgehead atoms. The Hall–Kier alpha value is -5.43. The fraction of sp³-hybridized carbons (Fsp3) is 0.327. The van der Waals surface area contributed by atoms with E-state index in [4.69, 9.17) is 38.3 Å². The van der Waals surface area contributed by atoms with Crippen molar-refractivity contribution in [2.24, 2.45) is 0 Å². The molecule has 314 valence electrons. The van der Waals surface area contributed by atoms with Crippen LogP contribution in [0.5, 0.6) is 11.6 Å². The SMILES string of the molecule is COc1cc(F)c(Cc2c(O[C@@H]3O[C@H](COCc4ccccc4)[C@@H](OCc4ccccc4)[C@H](OCc4ccccc4)[C@H]3OCc3ccccc3)nn(C(C)C)c2C)cc1F. The Bertz CT molecular complexity index is 2230. The largest absolute Gasteiger partial charge is 0.494 e. The van der Waals surface area contributed by atoms with Crippen molar-refractivity contribution < 1.29 is 41.9 Å². The highest BCUT2D eigenvalue weighted by Crippen LogP contribution is 2.36. The molecule has 0 amide bonds. The summed E-state index contributed by atoms with van der Waals surface area (Å²) >= 11 is 0. The zero-order valence-electron chi connectivity index (χ0n) is 34.4. The van der Waals surface area contributed by atoms with Crippen LogP contribution in [-0.4, -0.2) is 54.2 Å². The van der Waals surface area contributed by atoms with E-state index in [1.54, 1.807) is 4.68 Å². The van der Waals surface area contributed by atoms with Crippen LogP contribution in [0, 0.1) is 18.6 Å². The van der Waals surface area contributed by atoms with Crippen molar-refractivity contribution in [3.8, 4) is 11.6 Å². The number of rotatable bonds is 19. The standard InChI is InChI=1S/C49H52F2N2O7/c1-33(2)53-34(3)40(25-39-26-42(51)43(54-4)27-41(39)50)48(52-53)60-49-47(58-31-38-23-15-8-16-24-38)46(57-30-37-21-13-7-14-22-37)45(56-29-36-19-11-6-12-20-36)44(59-49)32-55-28-35-17-9-5-10-18-35/h5-24,26-27,33,44-47,49H,25,28-32H2,1-4H3/t44-,45-,46+,47-,49+/m1/s1. The normalized spacial score (nSPS) is 19.1. The second-order valence-corrected chi connectivity index (χ2v) is 15.1. The van der Waals surface area contributed by atoms with Gasteiger partial charge in [-0.2, -0.15) is 0 Å². The summed E-state index contributed by atoms with van der Waals surface area (Å²) in [6.07, 6.45) is -4.12. The predicted octanol–water partition coefficient (Wildman–Crippen LogP) is 9.73. The van der Waals surface area contributed by atoms with Crippen LogP contribution < -0.4 is 9.47 Å². The summed E-state index contributed by atoms with van der Waals surface area (Å²) < 4.78 is 78.0. The Morgan fingerprint density at radius 3 is 1.67 bits per heavy atom. The highest BCUT2D eigenvalue weighted by atomic mass is 19.1. The molecule has 11 heteroatoms. The average Bonchev–Trinajstić information content (AvgIpc) is 3.58. The lowest BCUT2D eigenvalue weighted by Crippen LogP contribution is -2.62. The molecule has 9 nitrogen and oxygen atoms in total. The molecule has 0 spiro atoms. The number of hydrogen-bond acceptors (Lipinski definition) is 8. The maximum absolute atomic E-state index is 15.5. The van der Waals surface area contributed by atoms with Gasteiger partial charge >= 0.3 is 0 Å². The van der Waals surface area contributed by atoms with Gasteiger partial charge in [-0.25, -0.2) is 8.78 Å². The third-order valence-electron chi connectivity index (χ3n) is 10.5. The Balaban J connectivity index is 1.28. The molecule has 0 aliphatic carbocycles. The quantitative estimate of drug-likeness (QED) is 0.0800. The van der Waals surface area contributed by atoms with Gasteiger partial charge in [0.15, 0.2) is 11.6 Å². The topological polar surface area (TPSA) is 82.4 Å². The molecule has 0 unspecified atom stereocenters. The van der Waals surface area contributed by atoms with Crippen molar-refractivity contribution in [3.05, 3.63) is 184 Å². The molecular weight excluding hydrogens is 767 g/mol. The summed E-state index contributed by atoms with van der Waals surface area (Å²) in [5.74, 6) is -1.27. The number of halogens is 2. The van der Waals surface area contributed by atoms with E-state index >= 15 is 4.39 Å². The number of nitrogens with zero attached hydrogens (tertiary/aromatic N) is 2. The lowest BCUT2D eigenvalue weighted by molar-refractivity contribution is -0.310. The van der Waals surface area contributed by atoms with Crippen molar-refractivity contribution >= 4 is 0 Å². The van der Waals surface area contributed by atoms with Gasteiger partial charge in [0.2, 0.25) is 12.2 Å². The molecule has 0 N–H and O–H groups in total. The second-order valence-electron chi connectivity index (χ2n) is 15.1. The molecule has 5 aromatic carbocycles. The molecule has 6 aromatic rings. The molecule has 1 aliphatic rings. The van der Waals surface area contributed by atoms with E-state index in [9.17, 15) is 4.39 Å². The van der Waals surface area contributed by atoms with Gasteiger partial charge in [-0.3, -0.25) is 4.68 Å². The number of ether oxygens (including phenoxy) is 7. The van der Waals surface area contributed by atoms with Crippen LogP contribution >= 0.6 is 0 Å². The van der Waals surface area contributed by atoms with Gasteiger partial charge < -0.3 is 33.2 Å². The van der Waals surface area contributed by atoms with Gasteiger partial charge in [0.25, 0.3) is 0 Å². The summed E-state index contributed by atoms with van der Waals surface area (Å²) in [4.78, 5) is 0. The first-order valence-corrected chi connectivity index (χ1v) is 20.3. The molecule has 5 atom stereocenters. The number of methoxy groups -OCH3 is 1. The molecular formula is C49H52F2N2O7. The van der Waals surface area contributed by atoms with Crippen LogP contribution in [0.2, 0.25) is 0 Å². The van der Waals surface area contributed by atoms with Crippen LogP contribution in [0.15, 0.2) is 133 Å². The van der Waals surface area contributed by atoms with Crippen molar-refractivity contribution in [3.63, 3.8) is 0 Å². The van der Waals surface area contributed by atoms with Gasteiger partial charge in [0.05, 0.1) is 40.1 Å². The minimum Gasteiger partial charge on any atom is -0.494 e. The summed E-state index contributed by atoms with van der Waals surface area (Å²) in [5.41, 5.74) is 5.30. The van der Waals surface area contributed by atoms with Crippen LogP contribution in [-0.2, 0) is 56.5 Å². The van der Waals surface area contributed by atoms with Crippen molar-refractivity contribution in [2.45, 2.75) is 90.4 Å². The third kappa shape index (κ3) is 10.8. The molecule has 7 rings (SSSR count). The van der Waals surface area contributed by atoms with Crippen LogP contribution in [0.3, 0.4) is 0 Å². The van der Waals surface area contributed by atoms with E-state index in [1.165, 1.54) is 7.11 Å². The Morgan fingerprint density at radius 1 is 0.650 bits per heavy atom. The highest BCUT2D eigenvalue weighted by molar-refractivity contribution is 5.40. The first-order chi connectivity index (χ1) is 29.3. The van der Waals surface area contributed by atoms with E-state index in [1.807, 2.05) is 142 Å². The first kappa shape index (κ1) is 42.7. The average molecular weight is 819 g/mol. The van der Waals surface area contributed by atoms with Crippen molar-refractivity contribution in [1.29, 1.82) is 0 Å². The first-order valence-electron chi connectivity index (χ1n) is 20.3. The molecule has 2 heterocycles. The van der Waals surface area contributed by atoms with E-state index < -0.39 is 42.3 Å². The van der Waals surface area contributed by atoms with E-state index in [0.717, 1.165) is 40.1 Å². The molecule has 1 aliphatic heterocycles. The molecule has 60 heavy (non-hydrogen) atoms. The van der Waals surface area contributed by atoms with Crippen LogP contribution in [0.25, 0.3) is 0 Å². The minimum atomic E-state index is -1.11. The Kier molecular flexibility index (Phi) is 14.7. The number of benzene rings is 5. The van der Waals surface area contributed by atoms with Crippen LogP contribution in [0.4, 0.5) is 8.78 Å². The number of hydrogen-bond donors (Lipinski definition) is 0. The van der Waals surface area contributed by atoms with Gasteiger partial charge in [0.1, 0.15) is 30.2 Å². The third-order valence-corrected chi connectivity index (χ3v) is 10.5. The highest BCUT2D eigenvalue weighted by Gasteiger charge is 2.50. The van der Waals surface area contributed by atoms with Crippen molar-refractivity contribution in [2.75, 3.05) is 13.7 Å². The summed E-state index contributed by atoms with van der Waals surface area (Å²) in [6, 6.07) is 41.7. The molecule has 0 radical (unpaired) electrons. The zero-order valence-corrected chi connectivity index (χ0v) is 34.4. The summed E-state index contributed by atoms with van der Waals surface area (Å²) in [7, 11) is 1.30. The fourth-order valence-electron chi connectivity index (χ4n) is 7.33. The Morgan fingerprint density at radius 2 is 1.15 bits per heavy atom. The van der Waals surface area contributed by atoms with Gasteiger partial charge in [-0.05, 0) is 54.7 Å². The predicted molar refractivity (Wildman–Crippen MR) is 224 cm³/mol. The van der Waals surface area contributed by atoms with E-state index in [2.05, 4.69) is 0 Å². The Labute approximate surface area is 350 Å². The van der Waals surface area contributed by atoms with E-state index in [-0.39, 0.29) is 56.1 Å². The monoisotopic (exact) mass is 818 g/mol. The fourth-order valence-corrected chi connectivity index (χ4v) is 7.33. The molecule has 1 fully saturated rings. The van der Waals surface area contributed by atoms with Crippen LogP contribution in [0.1, 0.15) is 59.0 Å². The van der Waals surface area contributed by atoms with Gasteiger partial charge in [-0.15, -0.1) is 5.10 Å². The van der Waals surface area contributed by atoms with Gasteiger partial charge in [-0.1, -0.05) is 121 Å². The lowest BCUT2D eigenvalue weighted by atomic mass is 9.97. The summed E-state index contributed by atoms with van der Waals surface area (Å²) in [5, 5.41) is 4.89. The maximum Gasteiger partial charge on any atom is 0.239 e. The zero-order chi connectivity index (χ0) is 41.8. The molecule has 0 saturated carbocycles. The minimum absolute atomic E-state index is 0.0107.